The second-order valence-corrected chi connectivity index (χ2v) is 4.92. The van der Waals surface area contributed by atoms with Gasteiger partial charge in [-0.1, -0.05) is 50.1 Å². The quantitative estimate of drug-likeness (QED) is 0.717. The Morgan fingerprint density at radius 1 is 1.15 bits per heavy atom. The Labute approximate surface area is 121 Å². The maximum atomic E-state index is 11.9. The third kappa shape index (κ3) is 6.36. The van der Waals surface area contributed by atoms with Crippen LogP contribution in [0.25, 0.3) is 0 Å². The molecule has 0 radical (unpaired) electrons. The number of hydrogen-bond acceptors (Lipinski definition) is 2. The van der Waals surface area contributed by atoms with Crippen LogP contribution in [0.5, 0.6) is 0 Å². The van der Waals surface area contributed by atoms with E-state index in [0.717, 1.165) is 24.8 Å². The highest BCUT2D eigenvalue weighted by atomic mass is 16.2. The molecule has 0 saturated carbocycles. The van der Waals surface area contributed by atoms with Gasteiger partial charge in [-0.05, 0) is 12.0 Å². The molecule has 0 aliphatic rings. The van der Waals surface area contributed by atoms with Crippen LogP contribution in [0.3, 0.4) is 0 Å². The standard InChI is InChI=1S/C16H24N2O2/c1-3-4-8-11-17-16(20)12-15(18-13(2)19)14-9-6-5-7-10-14/h5-7,9-10,15H,3-4,8,11-12H2,1-2H3,(H,17,20)(H,18,19). The first kappa shape index (κ1) is 16.2. The molecule has 0 heterocycles. The molecule has 20 heavy (non-hydrogen) atoms. The first-order valence-electron chi connectivity index (χ1n) is 7.22. The normalized spacial score (nSPS) is 11.7. The lowest BCUT2D eigenvalue weighted by molar-refractivity contribution is -0.122. The summed E-state index contributed by atoms with van der Waals surface area (Å²) in [6.07, 6.45) is 3.52. The van der Waals surface area contributed by atoms with Crippen LogP contribution < -0.4 is 10.6 Å². The van der Waals surface area contributed by atoms with Crippen molar-refractivity contribution in [3.05, 3.63) is 35.9 Å². The lowest BCUT2D eigenvalue weighted by Crippen LogP contribution is -2.33. The zero-order valence-electron chi connectivity index (χ0n) is 12.3. The molecule has 0 aliphatic carbocycles. The SMILES string of the molecule is CCCCCNC(=O)CC(NC(C)=O)c1ccccc1. The number of hydrogen-bond donors (Lipinski definition) is 2. The smallest absolute Gasteiger partial charge is 0.222 e. The maximum Gasteiger partial charge on any atom is 0.222 e. The van der Waals surface area contributed by atoms with Crippen molar-refractivity contribution in [3.8, 4) is 0 Å². The van der Waals surface area contributed by atoms with Gasteiger partial charge in [-0.3, -0.25) is 9.59 Å². The highest BCUT2D eigenvalue weighted by Gasteiger charge is 2.16. The van der Waals surface area contributed by atoms with E-state index in [1.54, 1.807) is 0 Å². The molecule has 4 nitrogen and oxygen atoms in total. The monoisotopic (exact) mass is 276 g/mol. The minimum atomic E-state index is -0.264. The average molecular weight is 276 g/mol. The number of carbonyl (C=O) groups is 2. The van der Waals surface area contributed by atoms with Gasteiger partial charge in [0, 0.05) is 13.5 Å². The summed E-state index contributed by atoms with van der Waals surface area (Å²) in [5, 5.41) is 5.73. The number of benzene rings is 1. The molecule has 0 spiro atoms. The predicted molar refractivity (Wildman–Crippen MR) is 80.2 cm³/mol. The summed E-state index contributed by atoms with van der Waals surface area (Å²) in [6.45, 7) is 4.30. The van der Waals surface area contributed by atoms with Crippen molar-refractivity contribution >= 4 is 11.8 Å². The summed E-state index contributed by atoms with van der Waals surface area (Å²) in [7, 11) is 0. The Morgan fingerprint density at radius 3 is 2.45 bits per heavy atom. The van der Waals surface area contributed by atoms with Gasteiger partial charge in [0.15, 0.2) is 0 Å². The van der Waals surface area contributed by atoms with Crippen LogP contribution in [0.4, 0.5) is 0 Å². The summed E-state index contributed by atoms with van der Waals surface area (Å²) >= 11 is 0. The van der Waals surface area contributed by atoms with E-state index in [0.29, 0.717) is 6.54 Å². The summed E-state index contributed by atoms with van der Waals surface area (Å²) < 4.78 is 0. The molecule has 2 amide bonds. The molecule has 0 fully saturated rings. The highest BCUT2D eigenvalue weighted by molar-refractivity contribution is 5.79. The van der Waals surface area contributed by atoms with Crippen LogP contribution in [-0.4, -0.2) is 18.4 Å². The molecule has 1 unspecified atom stereocenters. The van der Waals surface area contributed by atoms with E-state index in [4.69, 9.17) is 0 Å². The molecule has 0 bridgehead atoms. The second kappa shape index (κ2) is 9.13. The third-order valence-electron chi connectivity index (χ3n) is 3.07. The third-order valence-corrected chi connectivity index (χ3v) is 3.07. The Morgan fingerprint density at radius 2 is 1.85 bits per heavy atom. The number of amides is 2. The molecule has 4 heteroatoms. The Bertz CT molecular complexity index is 418. The van der Waals surface area contributed by atoms with Gasteiger partial charge < -0.3 is 10.6 Å². The minimum Gasteiger partial charge on any atom is -0.356 e. The number of nitrogens with one attached hydrogen (secondary N) is 2. The lowest BCUT2D eigenvalue weighted by Gasteiger charge is -2.18. The van der Waals surface area contributed by atoms with Gasteiger partial charge in [0.05, 0.1) is 12.5 Å². The van der Waals surface area contributed by atoms with E-state index in [1.165, 1.54) is 6.92 Å². The largest absolute Gasteiger partial charge is 0.356 e. The number of rotatable bonds is 8. The molecule has 0 aliphatic heterocycles. The fourth-order valence-corrected chi connectivity index (χ4v) is 2.04. The van der Waals surface area contributed by atoms with Crippen LogP contribution in [-0.2, 0) is 9.59 Å². The van der Waals surface area contributed by atoms with Gasteiger partial charge in [0.25, 0.3) is 0 Å². The first-order chi connectivity index (χ1) is 9.63. The van der Waals surface area contributed by atoms with Crippen LogP contribution in [0, 0.1) is 0 Å². The van der Waals surface area contributed by atoms with Crippen LogP contribution in [0.1, 0.15) is 51.1 Å². The maximum absolute atomic E-state index is 11.9. The fraction of sp³-hybridized carbons (Fsp3) is 0.500. The zero-order valence-corrected chi connectivity index (χ0v) is 12.3. The molecular weight excluding hydrogens is 252 g/mol. The molecule has 110 valence electrons. The van der Waals surface area contributed by atoms with Crippen molar-refractivity contribution in [1.29, 1.82) is 0 Å². The van der Waals surface area contributed by atoms with E-state index in [-0.39, 0.29) is 24.3 Å². The molecule has 1 aromatic rings. The minimum absolute atomic E-state index is 0.0243. The van der Waals surface area contributed by atoms with E-state index >= 15 is 0 Å². The topological polar surface area (TPSA) is 58.2 Å². The van der Waals surface area contributed by atoms with E-state index < -0.39 is 0 Å². The summed E-state index contributed by atoms with van der Waals surface area (Å²) in [5.74, 6) is -0.152. The summed E-state index contributed by atoms with van der Waals surface area (Å²) in [4.78, 5) is 23.2. The number of carbonyl (C=O) groups excluding carboxylic acids is 2. The van der Waals surface area contributed by atoms with E-state index in [9.17, 15) is 9.59 Å². The Balaban J connectivity index is 2.52. The molecule has 0 aromatic heterocycles. The number of unbranched alkanes of at least 4 members (excludes halogenated alkanes) is 2. The Hall–Kier alpha value is -1.84. The van der Waals surface area contributed by atoms with Crippen molar-refractivity contribution in [2.45, 2.75) is 45.6 Å². The van der Waals surface area contributed by atoms with Crippen molar-refractivity contribution in [2.24, 2.45) is 0 Å². The zero-order chi connectivity index (χ0) is 14.8. The highest BCUT2D eigenvalue weighted by Crippen LogP contribution is 2.16. The van der Waals surface area contributed by atoms with Crippen molar-refractivity contribution in [1.82, 2.24) is 10.6 Å². The van der Waals surface area contributed by atoms with Gasteiger partial charge >= 0.3 is 0 Å². The first-order valence-corrected chi connectivity index (χ1v) is 7.22. The summed E-state index contributed by atoms with van der Waals surface area (Å²) in [6, 6.07) is 9.31. The van der Waals surface area contributed by atoms with Crippen LogP contribution >= 0.6 is 0 Å². The van der Waals surface area contributed by atoms with Crippen molar-refractivity contribution < 1.29 is 9.59 Å². The van der Waals surface area contributed by atoms with Gasteiger partial charge in [0.1, 0.15) is 0 Å². The molecule has 0 saturated heterocycles. The molecule has 1 rings (SSSR count). The molecule has 1 atom stereocenters. The van der Waals surface area contributed by atoms with Crippen molar-refractivity contribution in [3.63, 3.8) is 0 Å². The second-order valence-electron chi connectivity index (χ2n) is 4.92. The Kier molecular flexibility index (Phi) is 7.40. The van der Waals surface area contributed by atoms with Gasteiger partial charge in [-0.25, -0.2) is 0 Å². The molecule has 2 N–H and O–H groups in total. The molecular formula is C16H24N2O2. The average Bonchev–Trinajstić information content (AvgIpc) is 2.43. The predicted octanol–water partition coefficient (Wildman–Crippen LogP) is 2.56. The van der Waals surface area contributed by atoms with E-state index in [1.807, 2.05) is 30.3 Å². The van der Waals surface area contributed by atoms with Gasteiger partial charge in [0.2, 0.25) is 11.8 Å². The summed E-state index contributed by atoms with van der Waals surface area (Å²) in [5.41, 5.74) is 0.950. The van der Waals surface area contributed by atoms with Crippen LogP contribution in [0.2, 0.25) is 0 Å². The van der Waals surface area contributed by atoms with Gasteiger partial charge in [-0.2, -0.15) is 0 Å². The fourth-order valence-electron chi connectivity index (χ4n) is 2.04. The van der Waals surface area contributed by atoms with Crippen molar-refractivity contribution in [2.75, 3.05) is 6.54 Å². The molecule has 1 aromatic carbocycles. The van der Waals surface area contributed by atoms with Crippen LogP contribution in [0.15, 0.2) is 30.3 Å². The van der Waals surface area contributed by atoms with E-state index in [2.05, 4.69) is 17.6 Å². The van der Waals surface area contributed by atoms with Gasteiger partial charge in [-0.15, -0.1) is 0 Å². The lowest BCUT2D eigenvalue weighted by atomic mass is 10.0.